The van der Waals surface area contributed by atoms with Crippen LogP contribution in [0.1, 0.15) is 33.1 Å². The van der Waals surface area contributed by atoms with Gasteiger partial charge in [0, 0.05) is 22.5 Å². The first-order valence-corrected chi connectivity index (χ1v) is 10.6. The third kappa shape index (κ3) is 4.77. The van der Waals surface area contributed by atoms with Crippen molar-refractivity contribution in [2.24, 2.45) is 0 Å². The van der Waals surface area contributed by atoms with Crippen LogP contribution in [0.15, 0.2) is 47.1 Å². The van der Waals surface area contributed by atoms with Crippen LogP contribution in [0.2, 0.25) is 10.0 Å². The van der Waals surface area contributed by atoms with Crippen LogP contribution in [0, 0.1) is 0 Å². The van der Waals surface area contributed by atoms with Crippen molar-refractivity contribution in [1.82, 2.24) is 9.21 Å². The summed E-state index contributed by atoms with van der Waals surface area (Å²) in [5.41, 5.74) is 0.700. The van der Waals surface area contributed by atoms with E-state index in [2.05, 4.69) is 6.58 Å². The first-order valence-electron chi connectivity index (χ1n) is 8.74. The molecule has 28 heavy (non-hydrogen) atoms. The summed E-state index contributed by atoms with van der Waals surface area (Å²) in [4.78, 5) is 24.9. The minimum Gasteiger partial charge on any atom is -0.480 e. The molecule has 9 heteroatoms. The smallest absolute Gasteiger partial charge is 0.323 e. The van der Waals surface area contributed by atoms with Crippen molar-refractivity contribution in [2.75, 3.05) is 6.54 Å². The van der Waals surface area contributed by atoms with Crippen LogP contribution in [0.25, 0.3) is 0 Å². The Labute approximate surface area is 177 Å². The molecule has 1 aromatic carbocycles. The van der Waals surface area contributed by atoms with Gasteiger partial charge in [0.25, 0.3) is 0 Å². The Morgan fingerprint density at radius 3 is 2.39 bits per heavy atom. The van der Waals surface area contributed by atoms with Crippen LogP contribution >= 0.6 is 23.2 Å². The van der Waals surface area contributed by atoms with E-state index in [1.807, 2.05) is 6.92 Å². The molecule has 1 N–H and O–H groups in total. The van der Waals surface area contributed by atoms with Gasteiger partial charge in [0.05, 0.1) is 10.9 Å². The van der Waals surface area contributed by atoms with Crippen molar-refractivity contribution in [3.8, 4) is 0 Å². The highest BCUT2D eigenvalue weighted by Gasteiger charge is 2.44. The van der Waals surface area contributed by atoms with E-state index in [-0.39, 0.29) is 6.04 Å². The number of halogens is 2. The fraction of sp³-hybridized carbons (Fsp3) is 0.368. The number of carbonyl (C=O) groups excluding carboxylic acids is 1. The highest BCUT2D eigenvalue weighted by atomic mass is 35.5. The quantitative estimate of drug-likeness (QED) is 0.618. The van der Waals surface area contributed by atoms with Gasteiger partial charge in [-0.3, -0.25) is 18.8 Å². The average Bonchev–Trinajstić information content (AvgIpc) is 2.58. The lowest BCUT2D eigenvalue weighted by atomic mass is 9.94. The van der Waals surface area contributed by atoms with Gasteiger partial charge in [-0.05, 0) is 24.6 Å². The predicted octanol–water partition coefficient (Wildman–Crippen LogP) is 4.22. The van der Waals surface area contributed by atoms with Gasteiger partial charge in [-0.25, -0.2) is 4.21 Å². The molecule has 0 fully saturated rings. The van der Waals surface area contributed by atoms with Crippen molar-refractivity contribution in [3.05, 3.63) is 52.3 Å². The summed E-state index contributed by atoms with van der Waals surface area (Å²) in [6.07, 6.45) is 4.09. The molecule has 0 saturated carbocycles. The van der Waals surface area contributed by atoms with E-state index in [0.717, 1.165) is 17.7 Å². The number of rotatable bonds is 9. The molecular weight excluding hydrogens is 423 g/mol. The van der Waals surface area contributed by atoms with E-state index in [4.69, 9.17) is 23.2 Å². The molecule has 0 aromatic heterocycles. The summed E-state index contributed by atoms with van der Waals surface area (Å²) in [6, 6.07) is 4.37. The second-order valence-corrected chi connectivity index (χ2v) is 8.56. The fourth-order valence-electron chi connectivity index (χ4n) is 3.06. The lowest BCUT2D eigenvalue weighted by Crippen LogP contribution is -2.54. The largest absolute Gasteiger partial charge is 0.480 e. The van der Waals surface area contributed by atoms with E-state index in [0.29, 0.717) is 32.8 Å². The Kier molecular flexibility index (Phi) is 7.69. The number of amides is 1. The summed E-state index contributed by atoms with van der Waals surface area (Å²) in [7, 11) is -1.73. The van der Waals surface area contributed by atoms with Crippen LogP contribution in [0.4, 0.5) is 0 Å². The number of carboxylic acids is 1. The van der Waals surface area contributed by atoms with Crippen molar-refractivity contribution in [2.45, 2.75) is 44.0 Å². The molecule has 1 amide bonds. The van der Waals surface area contributed by atoms with Crippen LogP contribution in [0.3, 0.4) is 0 Å². The summed E-state index contributed by atoms with van der Waals surface area (Å²) in [5.74, 6) is -1.34. The number of benzene rings is 1. The Morgan fingerprint density at radius 1 is 1.32 bits per heavy atom. The molecule has 152 valence electrons. The maximum Gasteiger partial charge on any atom is 0.323 e. The Balaban J connectivity index is 2.53. The average molecular weight is 445 g/mol. The lowest BCUT2D eigenvalue weighted by Gasteiger charge is -2.47. The van der Waals surface area contributed by atoms with Gasteiger partial charge in [0.15, 0.2) is 11.0 Å². The van der Waals surface area contributed by atoms with Crippen molar-refractivity contribution in [3.63, 3.8) is 0 Å². The lowest BCUT2D eigenvalue weighted by molar-refractivity contribution is -0.143. The number of carboxylic acid groups (broad SMARTS) is 1. The Morgan fingerprint density at radius 2 is 1.93 bits per heavy atom. The maximum atomic E-state index is 13.4. The number of hydrogen-bond donors (Lipinski definition) is 1. The minimum absolute atomic E-state index is 0.248. The molecule has 0 aliphatic carbocycles. The van der Waals surface area contributed by atoms with E-state index in [9.17, 15) is 18.9 Å². The molecule has 1 aliphatic heterocycles. The zero-order valence-corrected chi connectivity index (χ0v) is 18.0. The molecule has 1 heterocycles. The number of unbranched alkanes of at least 4 members (excludes halogenated alkanes) is 1. The van der Waals surface area contributed by atoms with Gasteiger partial charge in [0.1, 0.15) is 12.4 Å². The number of carbonyl (C=O) groups is 2. The molecule has 1 aromatic rings. The van der Waals surface area contributed by atoms with Gasteiger partial charge in [0.2, 0.25) is 5.91 Å². The molecule has 0 radical (unpaired) electrons. The summed E-state index contributed by atoms with van der Waals surface area (Å²) < 4.78 is 14.9. The fourth-order valence-corrected chi connectivity index (χ4v) is 5.21. The van der Waals surface area contributed by atoms with Crippen molar-refractivity contribution >= 4 is 46.1 Å². The Bertz CT molecular complexity index is 836. The first kappa shape index (κ1) is 22.5. The SMILES string of the molecule is C=CC1=C(N(CC(=O)O)C(C)=O)N(S(=O)c2cc(Cl)cc(Cl)c2)C1CCCC. The van der Waals surface area contributed by atoms with E-state index < -0.39 is 29.4 Å². The predicted molar refractivity (Wildman–Crippen MR) is 110 cm³/mol. The van der Waals surface area contributed by atoms with Crippen LogP contribution in [0.5, 0.6) is 0 Å². The number of nitrogens with zero attached hydrogens (tertiary/aromatic N) is 2. The minimum atomic E-state index is -1.73. The monoisotopic (exact) mass is 444 g/mol. The van der Waals surface area contributed by atoms with Crippen LogP contribution in [-0.4, -0.2) is 43.0 Å². The topological polar surface area (TPSA) is 77.9 Å². The third-order valence-corrected chi connectivity index (χ3v) is 6.17. The van der Waals surface area contributed by atoms with Gasteiger partial charge in [-0.1, -0.05) is 55.6 Å². The second-order valence-electron chi connectivity index (χ2n) is 6.32. The third-order valence-electron chi connectivity index (χ3n) is 4.31. The maximum absolute atomic E-state index is 13.4. The highest BCUT2D eigenvalue weighted by Crippen LogP contribution is 2.40. The highest BCUT2D eigenvalue weighted by molar-refractivity contribution is 7.83. The van der Waals surface area contributed by atoms with Crippen molar-refractivity contribution in [1.29, 1.82) is 0 Å². The van der Waals surface area contributed by atoms with Crippen LogP contribution in [-0.2, 0) is 20.6 Å². The van der Waals surface area contributed by atoms with Gasteiger partial charge in [-0.15, -0.1) is 0 Å². The molecule has 2 atom stereocenters. The molecule has 6 nitrogen and oxygen atoms in total. The Hall–Kier alpha value is -1.83. The molecule has 0 spiro atoms. The van der Waals surface area contributed by atoms with Crippen LogP contribution < -0.4 is 0 Å². The molecule has 0 saturated heterocycles. The molecule has 0 bridgehead atoms. The zero-order valence-electron chi connectivity index (χ0n) is 15.7. The normalized spacial score (nSPS) is 17.1. The molecule has 1 aliphatic rings. The van der Waals surface area contributed by atoms with Gasteiger partial charge < -0.3 is 5.11 Å². The van der Waals surface area contributed by atoms with Crippen molar-refractivity contribution < 1.29 is 18.9 Å². The van der Waals surface area contributed by atoms with Gasteiger partial charge >= 0.3 is 5.97 Å². The summed E-state index contributed by atoms with van der Waals surface area (Å²) >= 11 is 12.1. The summed E-state index contributed by atoms with van der Waals surface area (Å²) in [5, 5.41) is 9.89. The van der Waals surface area contributed by atoms with E-state index in [1.54, 1.807) is 22.5 Å². The number of aliphatic carboxylic acids is 1. The molecule has 2 unspecified atom stereocenters. The van der Waals surface area contributed by atoms with E-state index >= 15 is 0 Å². The zero-order chi connectivity index (χ0) is 21.0. The number of hydrogen-bond acceptors (Lipinski definition) is 3. The van der Waals surface area contributed by atoms with E-state index in [1.165, 1.54) is 13.0 Å². The standard InChI is InChI=1S/C19H22Cl2N2O4S/c1-4-6-7-17-16(5-2)19(22(12(3)24)11-18(25)26)23(17)28(27)15-9-13(20)8-14(21)10-15/h5,8-10,17H,2,4,6-7,11H2,1,3H3,(H,25,26). The first-order chi connectivity index (χ1) is 13.2. The molecule has 2 rings (SSSR count). The molecular formula is C19H22Cl2N2O4S. The summed E-state index contributed by atoms with van der Waals surface area (Å²) in [6.45, 7) is 6.57. The second kappa shape index (κ2) is 9.58. The van der Waals surface area contributed by atoms with Gasteiger partial charge in [-0.2, -0.15) is 0 Å².